The van der Waals surface area contributed by atoms with Crippen LogP contribution in [0.5, 0.6) is 0 Å². The van der Waals surface area contributed by atoms with Crippen molar-refractivity contribution in [3.63, 3.8) is 0 Å². The van der Waals surface area contributed by atoms with E-state index in [1.165, 1.54) is 23.3 Å². The Kier molecular flexibility index (Phi) is 4.05. The molecule has 0 saturated heterocycles. The summed E-state index contributed by atoms with van der Waals surface area (Å²) in [4.78, 5) is 21.7. The molecule has 1 aliphatic carbocycles. The van der Waals surface area contributed by atoms with Gasteiger partial charge in [0.1, 0.15) is 17.0 Å². The number of aliphatic carboxylic acids is 1. The van der Waals surface area contributed by atoms with Crippen molar-refractivity contribution in [2.45, 2.75) is 44.9 Å². The quantitative estimate of drug-likeness (QED) is 0.856. The van der Waals surface area contributed by atoms with E-state index in [2.05, 4.69) is 22.2 Å². The number of carbonyl (C=O) groups excluding carboxylic acids is 1. The molecule has 0 amide bonds. The molecule has 0 saturated carbocycles. The summed E-state index contributed by atoms with van der Waals surface area (Å²) in [5, 5.41) is 14.9. The van der Waals surface area contributed by atoms with Crippen LogP contribution in [0.15, 0.2) is 6.33 Å². The van der Waals surface area contributed by atoms with Crippen molar-refractivity contribution in [2.75, 3.05) is 11.9 Å². The molecule has 0 aromatic carbocycles. The van der Waals surface area contributed by atoms with Crippen LogP contribution in [-0.2, 0) is 11.2 Å². The van der Waals surface area contributed by atoms with Crippen LogP contribution in [0.1, 0.15) is 49.0 Å². The largest absolute Gasteiger partial charge is 0.550 e. The maximum Gasteiger partial charge on any atom is 0.138 e. The number of anilines is 1. The molecule has 0 fully saturated rings. The lowest BCUT2D eigenvalue weighted by atomic mass is 9.87. The smallest absolute Gasteiger partial charge is 0.138 e. The highest BCUT2D eigenvalue weighted by Gasteiger charge is 2.24. The topological polar surface area (TPSA) is 77.9 Å². The monoisotopic (exact) mass is 304 g/mol. The van der Waals surface area contributed by atoms with Gasteiger partial charge in [0.15, 0.2) is 0 Å². The zero-order valence-corrected chi connectivity index (χ0v) is 12.8. The number of fused-ring (bicyclic) bond motifs is 3. The normalized spacial score (nSPS) is 17.7. The van der Waals surface area contributed by atoms with E-state index in [0.717, 1.165) is 22.5 Å². The van der Waals surface area contributed by atoms with Gasteiger partial charge in [-0.25, -0.2) is 9.97 Å². The highest BCUT2D eigenvalue weighted by atomic mass is 32.1. The Hall–Kier alpha value is -1.69. The Morgan fingerprint density at radius 1 is 1.52 bits per heavy atom. The maximum absolute atomic E-state index is 10.5. The second-order valence-corrected chi connectivity index (χ2v) is 6.62. The second kappa shape index (κ2) is 5.97. The molecule has 3 rings (SSSR count). The van der Waals surface area contributed by atoms with E-state index in [4.69, 9.17) is 0 Å². The number of nitrogens with one attached hydrogen (secondary N) is 1. The first-order valence-electron chi connectivity index (χ1n) is 7.37. The van der Waals surface area contributed by atoms with Gasteiger partial charge >= 0.3 is 0 Å². The van der Waals surface area contributed by atoms with Gasteiger partial charge in [-0.1, -0.05) is 6.92 Å². The third-order valence-corrected chi connectivity index (χ3v) is 5.16. The van der Waals surface area contributed by atoms with E-state index in [1.807, 2.05) is 0 Å². The van der Waals surface area contributed by atoms with Crippen LogP contribution < -0.4 is 10.4 Å². The third kappa shape index (κ3) is 2.85. The van der Waals surface area contributed by atoms with Crippen LogP contribution in [-0.4, -0.2) is 22.5 Å². The lowest BCUT2D eigenvalue weighted by Gasteiger charge is -2.19. The zero-order valence-electron chi connectivity index (χ0n) is 12.0. The Morgan fingerprint density at radius 3 is 3.19 bits per heavy atom. The summed E-state index contributed by atoms with van der Waals surface area (Å²) in [6.07, 6.45) is 5.76. The number of aryl methyl sites for hydroxylation is 1. The number of carboxylic acids is 1. The number of hydrogen-bond donors (Lipinski definition) is 1. The predicted molar refractivity (Wildman–Crippen MR) is 81.5 cm³/mol. The summed E-state index contributed by atoms with van der Waals surface area (Å²) < 4.78 is 0. The molecule has 0 aliphatic heterocycles. The van der Waals surface area contributed by atoms with Gasteiger partial charge in [-0.2, -0.15) is 0 Å². The Labute approximate surface area is 127 Å². The maximum atomic E-state index is 10.5. The lowest BCUT2D eigenvalue weighted by molar-refractivity contribution is -0.305. The molecule has 2 aromatic rings. The van der Waals surface area contributed by atoms with Crippen LogP contribution in [0.25, 0.3) is 10.2 Å². The van der Waals surface area contributed by atoms with Crippen molar-refractivity contribution >= 4 is 33.3 Å². The number of rotatable bonds is 5. The molecule has 2 aromatic heterocycles. The molecule has 112 valence electrons. The predicted octanol–water partition coefficient (Wildman–Crippen LogP) is 2.07. The van der Waals surface area contributed by atoms with Crippen molar-refractivity contribution in [2.24, 2.45) is 0 Å². The molecule has 0 spiro atoms. The van der Waals surface area contributed by atoms with Crippen LogP contribution >= 0.6 is 11.3 Å². The van der Waals surface area contributed by atoms with E-state index in [9.17, 15) is 9.90 Å². The van der Waals surface area contributed by atoms with Crippen LogP contribution in [0.3, 0.4) is 0 Å². The Bertz CT molecular complexity index is 668. The molecular weight excluding hydrogens is 286 g/mol. The summed E-state index contributed by atoms with van der Waals surface area (Å²) in [7, 11) is 0. The van der Waals surface area contributed by atoms with Crippen molar-refractivity contribution in [1.29, 1.82) is 0 Å². The van der Waals surface area contributed by atoms with Gasteiger partial charge in [-0.05, 0) is 43.6 Å². The first-order chi connectivity index (χ1) is 10.2. The standard InChI is InChI=1S/C15H19N3O2S/c1-9-4-2-5-10-12(9)13-14(16-7-3-6-11(19)20)17-8-18-15(13)21-10/h8-9H,2-7H2,1H3,(H,19,20)(H,16,17,18)/p-1/t9-/m0/s1. The average molecular weight is 304 g/mol. The van der Waals surface area contributed by atoms with Gasteiger partial charge in [-0.3, -0.25) is 0 Å². The van der Waals surface area contributed by atoms with E-state index in [-0.39, 0.29) is 6.42 Å². The van der Waals surface area contributed by atoms with Gasteiger partial charge in [0, 0.05) is 17.4 Å². The minimum Gasteiger partial charge on any atom is -0.550 e. The van der Waals surface area contributed by atoms with Gasteiger partial charge < -0.3 is 15.2 Å². The van der Waals surface area contributed by atoms with Crippen molar-refractivity contribution in [3.05, 3.63) is 16.8 Å². The molecule has 2 heterocycles. The zero-order chi connectivity index (χ0) is 14.8. The molecule has 1 atom stereocenters. The summed E-state index contributed by atoms with van der Waals surface area (Å²) in [6.45, 7) is 2.84. The molecule has 0 unspecified atom stereocenters. The lowest BCUT2D eigenvalue weighted by Crippen LogP contribution is -2.22. The van der Waals surface area contributed by atoms with Crippen LogP contribution in [0.2, 0.25) is 0 Å². The van der Waals surface area contributed by atoms with Gasteiger partial charge in [0.05, 0.1) is 5.39 Å². The fourth-order valence-electron chi connectivity index (χ4n) is 2.99. The summed E-state index contributed by atoms with van der Waals surface area (Å²) in [6, 6.07) is 0. The van der Waals surface area contributed by atoms with Gasteiger partial charge in [-0.15, -0.1) is 11.3 Å². The highest BCUT2D eigenvalue weighted by Crippen LogP contribution is 2.43. The molecule has 6 heteroatoms. The second-order valence-electron chi connectivity index (χ2n) is 5.54. The van der Waals surface area contributed by atoms with Crippen molar-refractivity contribution in [1.82, 2.24) is 9.97 Å². The molecule has 0 bridgehead atoms. The minimum absolute atomic E-state index is 0.0688. The van der Waals surface area contributed by atoms with E-state index in [0.29, 0.717) is 18.9 Å². The number of carbonyl (C=O) groups is 1. The number of carboxylic acid groups (broad SMARTS) is 1. The molecule has 0 radical (unpaired) electrons. The summed E-state index contributed by atoms with van der Waals surface area (Å²) in [5.41, 5.74) is 1.39. The highest BCUT2D eigenvalue weighted by molar-refractivity contribution is 7.19. The van der Waals surface area contributed by atoms with Crippen molar-refractivity contribution < 1.29 is 9.90 Å². The number of hydrogen-bond acceptors (Lipinski definition) is 6. The first-order valence-corrected chi connectivity index (χ1v) is 8.18. The molecule has 21 heavy (non-hydrogen) atoms. The molecule has 1 N–H and O–H groups in total. The minimum atomic E-state index is -1.01. The number of aromatic nitrogens is 2. The number of nitrogens with zero attached hydrogens (tertiary/aromatic N) is 2. The SMILES string of the molecule is C[C@H]1CCCc2sc3ncnc(NCCCC(=O)[O-])c3c21. The van der Waals surface area contributed by atoms with E-state index < -0.39 is 5.97 Å². The van der Waals surface area contributed by atoms with Gasteiger partial charge in [0.25, 0.3) is 0 Å². The first kappa shape index (κ1) is 14.3. The fraction of sp³-hybridized carbons (Fsp3) is 0.533. The summed E-state index contributed by atoms with van der Waals surface area (Å²) >= 11 is 1.77. The molecular formula is C15H18N3O2S-. The van der Waals surface area contributed by atoms with Crippen LogP contribution in [0, 0.1) is 0 Å². The average Bonchev–Trinajstić information content (AvgIpc) is 2.83. The van der Waals surface area contributed by atoms with E-state index >= 15 is 0 Å². The van der Waals surface area contributed by atoms with Crippen molar-refractivity contribution in [3.8, 4) is 0 Å². The Morgan fingerprint density at radius 2 is 2.38 bits per heavy atom. The molecule has 1 aliphatic rings. The number of thiophene rings is 1. The molecule has 5 nitrogen and oxygen atoms in total. The van der Waals surface area contributed by atoms with Crippen LogP contribution in [0.4, 0.5) is 5.82 Å². The van der Waals surface area contributed by atoms with Gasteiger partial charge in [0.2, 0.25) is 0 Å². The Balaban J connectivity index is 1.88. The van der Waals surface area contributed by atoms with E-state index in [1.54, 1.807) is 17.7 Å². The summed E-state index contributed by atoms with van der Waals surface area (Å²) in [5.74, 6) is 0.369. The third-order valence-electron chi connectivity index (χ3n) is 3.99. The fourth-order valence-corrected chi connectivity index (χ4v) is 4.30.